The van der Waals surface area contributed by atoms with Crippen LogP contribution in [0.1, 0.15) is 60.3 Å². The molecule has 2 aliphatic rings. The van der Waals surface area contributed by atoms with Gasteiger partial charge < -0.3 is 20.1 Å². The molecule has 0 aromatic carbocycles. The normalized spacial score (nSPS) is 30.5. The lowest BCUT2D eigenvalue weighted by molar-refractivity contribution is -0.128. The zero-order valence-corrected chi connectivity index (χ0v) is 15.4. The van der Waals surface area contributed by atoms with Crippen molar-refractivity contribution in [2.75, 3.05) is 13.2 Å². The lowest BCUT2D eigenvalue weighted by Crippen LogP contribution is -2.73. The van der Waals surface area contributed by atoms with Crippen LogP contribution in [0, 0.1) is 11.8 Å². The van der Waals surface area contributed by atoms with Crippen LogP contribution in [0.5, 0.6) is 0 Å². The zero-order chi connectivity index (χ0) is 17.0. The highest BCUT2D eigenvalue weighted by molar-refractivity contribution is 5.68. The third-order valence-electron chi connectivity index (χ3n) is 5.10. The molecule has 0 bridgehead atoms. The van der Waals surface area contributed by atoms with Crippen LogP contribution in [-0.4, -0.2) is 43.0 Å². The highest BCUT2D eigenvalue weighted by Gasteiger charge is 2.53. The van der Waals surface area contributed by atoms with Crippen molar-refractivity contribution in [2.45, 2.75) is 84.1 Å². The number of amides is 1. The summed E-state index contributed by atoms with van der Waals surface area (Å²) in [7, 11) is 0. The van der Waals surface area contributed by atoms with E-state index in [0.29, 0.717) is 11.8 Å². The van der Waals surface area contributed by atoms with Gasteiger partial charge in [0.15, 0.2) is 0 Å². The fraction of sp³-hybridized carbons (Fsp3) is 0.944. The average molecular weight is 326 g/mol. The number of alkyl carbamates (subject to hydrolysis) is 1. The molecule has 2 N–H and O–H groups in total. The van der Waals surface area contributed by atoms with Gasteiger partial charge in [-0.25, -0.2) is 4.79 Å². The number of carbonyl (C=O) groups excluding carboxylic acids is 1. The molecule has 23 heavy (non-hydrogen) atoms. The molecule has 4 unspecified atom stereocenters. The molecule has 2 rings (SSSR count). The predicted molar refractivity (Wildman–Crippen MR) is 91.5 cm³/mol. The van der Waals surface area contributed by atoms with Crippen molar-refractivity contribution in [3.8, 4) is 0 Å². The Morgan fingerprint density at radius 1 is 1.26 bits per heavy atom. The van der Waals surface area contributed by atoms with E-state index in [2.05, 4.69) is 24.5 Å². The molecular weight excluding hydrogens is 292 g/mol. The van der Waals surface area contributed by atoms with Crippen molar-refractivity contribution in [3.05, 3.63) is 0 Å². The van der Waals surface area contributed by atoms with Gasteiger partial charge in [0.05, 0.1) is 18.2 Å². The molecule has 0 aromatic rings. The summed E-state index contributed by atoms with van der Waals surface area (Å²) in [6.45, 7) is 12.0. The summed E-state index contributed by atoms with van der Waals surface area (Å²) in [4.78, 5) is 12.1. The van der Waals surface area contributed by atoms with Gasteiger partial charge in [-0.15, -0.1) is 0 Å². The Morgan fingerprint density at radius 3 is 2.57 bits per heavy atom. The first-order valence-electron chi connectivity index (χ1n) is 9.20. The van der Waals surface area contributed by atoms with Gasteiger partial charge in [-0.3, -0.25) is 0 Å². The van der Waals surface area contributed by atoms with Gasteiger partial charge in [0, 0.05) is 12.5 Å². The fourth-order valence-electron chi connectivity index (χ4n) is 3.67. The van der Waals surface area contributed by atoms with Crippen molar-refractivity contribution >= 4 is 6.09 Å². The van der Waals surface area contributed by atoms with E-state index < -0.39 is 5.60 Å². The molecule has 5 heteroatoms. The zero-order valence-electron chi connectivity index (χ0n) is 15.4. The van der Waals surface area contributed by atoms with E-state index in [-0.39, 0.29) is 24.3 Å². The van der Waals surface area contributed by atoms with Crippen LogP contribution in [0.15, 0.2) is 0 Å². The highest BCUT2D eigenvalue weighted by Crippen LogP contribution is 2.38. The van der Waals surface area contributed by atoms with Crippen molar-refractivity contribution in [1.29, 1.82) is 0 Å². The first-order valence-corrected chi connectivity index (χ1v) is 9.20. The van der Waals surface area contributed by atoms with Crippen LogP contribution in [0.2, 0.25) is 0 Å². The number of fused-ring (bicyclic) bond motifs is 1. The molecular formula is C18H34N2O3. The van der Waals surface area contributed by atoms with E-state index >= 15 is 0 Å². The van der Waals surface area contributed by atoms with Gasteiger partial charge in [-0.05, 0) is 46.1 Å². The maximum atomic E-state index is 12.1. The number of hydrogen-bond donors (Lipinski definition) is 2. The highest BCUT2D eigenvalue weighted by atomic mass is 16.6. The van der Waals surface area contributed by atoms with Crippen molar-refractivity contribution < 1.29 is 14.3 Å². The third kappa shape index (κ3) is 4.83. The largest absolute Gasteiger partial charge is 0.444 e. The second-order valence-corrected chi connectivity index (χ2v) is 7.93. The number of hydrogen-bond acceptors (Lipinski definition) is 4. The number of nitrogens with one attached hydrogen (secondary N) is 2. The minimum absolute atomic E-state index is 0.115. The minimum atomic E-state index is -0.464. The van der Waals surface area contributed by atoms with Crippen LogP contribution in [0.4, 0.5) is 4.79 Å². The molecule has 5 nitrogen and oxygen atoms in total. The quantitative estimate of drug-likeness (QED) is 0.787. The monoisotopic (exact) mass is 326 g/mol. The van der Waals surface area contributed by atoms with Crippen LogP contribution in [-0.2, 0) is 9.47 Å². The Balaban J connectivity index is 1.92. The van der Waals surface area contributed by atoms with Gasteiger partial charge in [-0.2, -0.15) is 0 Å². The van der Waals surface area contributed by atoms with Crippen molar-refractivity contribution in [2.24, 2.45) is 11.8 Å². The second kappa shape index (κ2) is 7.84. The molecule has 1 saturated carbocycles. The smallest absolute Gasteiger partial charge is 0.407 e. The number of rotatable bonds is 6. The first kappa shape index (κ1) is 18.5. The van der Waals surface area contributed by atoms with Gasteiger partial charge in [0.2, 0.25) is 0 Å². The molecule has 134 valence electrons. The van der Waals surface area contributed by atoms with Gasteiger partial charge >= 0.3 is 6.09 Å². The van der Waals surface area contributed by atoms with Gasteiger partial charge in [0.25, 0.3) is 0 Å². The minimum Gasteiger partial charge on any atom is -0.444 e. The van der Waals surface area contributed by atoms with Crippen LogP contribution in [0.3, 0.4) is 0 Å². The molecule has 1 aliphatic carbocycles. The van der Waals surface area contributed by atoms with Crippen LogP contribution >= 0.6 is 0 Å². The first-order chi connectivity index (χ1) is 10.9. The molecule has 4 atom stereocenters. The summed E-state index contributed by atoms with van der Waals surface area (Å²) >= 11 is 0. The second-order valence-electron chi connectivity index (χ2n) is 7.93. The summed E-state index contributed by atoms with van der Waals surface area (Å²) in [5, 5.41) is 6.72. The predicted octanol–water partition coefficient (Wildman–Crippen LogP) is 3.08. The van der Waals surface area contributed by atoms with Gasteiger partial charge in [0.1, 0.15) is 5.60 Å². The summed E-state index contributed by atoms with van der Waals surface area (Å²) in [6, 6.07) is 0.318. The van der Waals surface area contributed by atoms with E-state index in [4.69, 9.17) is 9.47 Å². The lowest BCUT2D eigenvalue weighted by atomic mass is 9.68. The summed E-state index contributed by atoms with van der Waals surface area (Å²) in [6.07, 6.45) is 4.46. The van der Waals surface area contributed by atoms with Gasteiger partial charge in [-0.1, -0.05) is 26.7 Å². The fourth-order valence-corrected chi connectivity index (χ4v) is 3.67. The summed E-state index contributed by atoms with van der Waals surface area (Å²) in [5.41, 5.74) is -0.464. The molecule has 1 heterocycles. The Kier molecular flexibility index (Phi) is 6.32. The van der Waals surface area contributed by atoms with Crippen LogP contribution in [0.25, 0.3) is 0 Å². The topological polar surface area (TPSA) is 59.6 Å². The van der Waals surface area contributed by atoms with Crippen LogP contribution < -0.4 is 10.6 Å². The summed E-state index contributed by atoms with van der Waals surface area (Å²) in [5.74, 6) is 1.09. The Bertz CT molecular complexity index is 390. The number of carbonyl (C=O) groups is 1. The molecule has 1 aliphatic heterocycles. The molecule has 2 fully saturated rings. The van der Waals surface area contributed by atoms with Crippen molar-refractivity contribution in [1.82, 2.24) is 10.6 Å². The SMILES string of the molecule is CCC(CC)CNC1C(NC(=O)OC(C)(C)C)C2CCCOC21. The number of ether oxygens (including phenoxy) is 2. The lowest BCUT2D eigenvalue weighted by Gasteiger charge is -2.54. The maximum absolute atomic E-state index is 12.1. The Labute approximate surface area is 140 Å². The van der Waals surface area contributed by atoms with Crippen molar-refractivity contribution in [3.63, 3.8) is 0 Å². The standard InChI is InChI=1S/C18H34N2O3/c1-6-12(7-2)11-19-15-14(13-9-8-10-22-16(13)15)20-17(21)23-18(3,4)5/h12-16,19H,6-11H2,1-5H3,(H,20,21). The molecule has 0 radical (unpaired) electrons. The molecule has 0 spiro atoms. The third-order valence-corrected chi connectivity index (χ3v) is 5.10. The molecule has 1 amide bonds. The van der Waals surface area contributed by atoms with E-state index in [1.807, 2.05) is 20.8 Å². The van der Waals surface area contributed by atoms with E-state index in [0.717, 1.165) is 26.0 Å². The maximum Gasteiger partial charge on any atom is 0.407 e. The molecule has 1 saturated heterocycles. The Hall–Kier alpha value is -0.810. The van der Waals surface area contributed by atoms with E-state index in [9.17, 15) is 4.79 Å². The Morgan fingerprint density at radius 2 is 1.96 bits per heavy atom. The van der Waals surface area contributed by atoms with E-state index in [1.165, 1.54) is 12.8 Å². The van der Waals surface area contributed by atoms with E-state index in [1.54, 1.807) is 0 Å². The molecule has 0 aromatic heterocycles. The average Bonchev–Trinajstić information content (AvgIpc) is 2.48. The summed E-state index contributed by atoms with van der Waals surface area (Å²) < 4.78 is 11.4.